The molecule has 2 aromatic rings. The fourth-order valence-electron chi connectivity index (χ4n) is 2.61. The summed E-state index contributed by atoms with van der Waals surface area (Å²) in [7, 11) is 3.05. The monoisotopic (exact) mass is 354 g/mol. The Hall–Kier alpha value is -3.02. The van der Waals surface area contributed by atoms with E-state index in [-0.39, 0.29) is 17.7 Å². The maximum Gasteiger partial charge on any atom is 0.259 e. The minimum atomic E-state index is -0.311. The van der Waals surface area contributed by atoms with Crippen molar-refractivity contribution in [2.24, 2.45) is 5.92 Å². The Morgan fingerprint density at radius 2 is 1.77 bits per heavy atom. The highest BCUT2D eigenvalue weighted by molar-refractivity contribution is 6.07. The van der Waals surface area contributed by atoms with Gasteiger partial charge in [0.15, 0.2) is 0 Å². The van der Waals surface area contributed by atoms with Gasteiger partial charge >= 0.3 is 0 Å². The van der Waals surface area contributed by atoms with E-state index in [9.17, 15) is 9.59 Å². The van der Waals surface area contributed by atoms with Crippen LogP contribution in [0.25, 0.3) is 0 Å². The van der Waals surface area contributed by atoms with Crippen molar-refractivity contribution in [3.05, 3.63) is 47.5 Å². The molecular weight excluding hydrogens is 332 g/mol. The molecule has 6 heteroatoms. The molecule has 6 nitrogen and oxygen atoms in total. The fourth-order valence-corrected chi connectivity index (χ4v) is 2.61. The van der Waals surface area contributed by atoms with Gasteiger partial charge in [0, 0.05) is 17.3 Å². The summed E-state index contributed by atoms with van der Waals surface area (Å²) >= 11 is 0. The third kappa shape index (κ3) is 3.96. The zero-order chi connectivity index (χ0) is 18.7. The number of aryl methyl sites for hydroxylation is 1. The maximum absolute atomic E-state index is 12.7. The Kier molecular flexibility index (Phi) is 5.11. The number of carbonyl (C=O) groups is 2. The minimum Gasteiger partial charge on any atom is -0.497 e. The van der Waals surface area contributed by atoms with Gasteiger partial charge in [-0.1, -0.05) is 6.07 Å². The number of nitrogens with one attached hydrogen (secondary N) is 2. The molecule has 1 aliphatic carbocycles. The lowest BCUT2D eigenvalue weighted by atomic mass is 10.1. The van der Waals surface area contributed by atoms with Gasteiger partial charge in [-0.3, -0.25) is 9.59 Å². The third-order valence-corrected chi connectivity index (χ3v) is 4.35. The number of benzene rings is 2. The molecular formula is C20H22N2O4. The van der Waals surface area contributed by atoms with Crippen LogP contribution in [0.4, 0.5) is 11.4 Å². The molecule has 26 heavy (non-hydrogen) atoms. The van der Waals surface area contributed by atoms with Crippen LogP contribution in [0.1, 0.15) is 28.8 Å². The summed E-state index contributed by atoms with van der Waals surface area (Å²) in [5.41, 5.74) is 2.57. The predicted octanol–water partition coefficient (Wildman–Crippen LogP) is 3.61. The van der Waals surface area contributed by atoms with E-state index >= 15 is 0 Å². The molecule has 1 aliphatic rings. The van der Waals surface area contributed by atoms with Crippen LogP contribution in [-0.4, -0.2) is 26.0 Å². The Morgan fingerprint density at radius 1 is 1.00 bits per heavy atom. The maximum atomic E-state index is 12.7. The lowest BCUT2D eigenvalue weighted by molar-refractivity contribution is -0.117. The number of hydrogen-bond donors (Lipinski definition) is 2. The lowest BCUT2D eigenvalue weighted by Gasteiger charge is -2.14. The predicted molar refractivity (Wildman–Crippen MR) is 100 cm³/mol. The second-order valence-electron chi connectivity index (χ2n) is 6.31. The Balaban J connectivity index is 1.81. The molecule has 0 aromatic heterocycles. The molecule has 1 fully saturated rings. The molecule has 0 spiro atoms. The van der Waals surface area contributed by atoms with Gasteiger partial charge in [-0.05, 0) is 55.7 Å². The highest BCUT2D eigenvalue weighted by atomic mass is 16.5. The molecule has 3 rings (SSSR count). The summed E-state index contributed by atoms with van der Waals surface area (Å²) < 4.78 is 10.5. The van der Waals surface area contributed by atoms with Gasteiger partial charge in [0.25, 0.3) is 5.91 Å². The molecule has 0 aliphatic heterocycles. The summed E-state index contributed by atoms with van der Waals surface area (Å²) in [4.78, 5) is 24.7. The summed E-state index contributed by atoms with van der Waals surface area (Å²) in [6.07, 6.45) is 1.88. The molecule has 136 valence electrons. The van der Waals surface area contributed by atoms with E-state index in [2.05, 4.69) is 10.6 Å². The van der Waals surface area contributed by atoms with Crippen molar-refractivity contribution in [3.8, 4) is 11.5 Å². The van der Waals surface area contributed by atoms with E-state index in [0.29, 0.717) is 28.4 Å². The number of carbonyl (C=O) groups excluding carboxylic acids is 2. The van der Waals surface area contributed by atoms with E-state index < -0.39 is 0 Å². The smallest absolute Gasteiger partial charge is 0.259 e. The van der Waals surface area contributed by atoms with Crippen LogP contribution in [-0.2, 0) is 4.79 Å². The van der Waals surface area contributed by atoms with Gasteiger partial charge in [0.2, 0.25) is 5.91 Å². The molecule has 0 atom stereocenters. The average Bonchev–Trinajstić information content (AvgIpc) is 3.49. The fraction of sp³-hybridized carbons (Fsp3) is 0.300. The largest absolute Gasteiger partial charge is 0.497 e. The van der Waals surface area contributed by atoms with E-state index in [1.54, 1.807) is 31.4 Å². The molecule has 0 saturated heterocycles. The first-order valence-corrected chi connectivity index (χ1v) is 8.46. The first kappa shape index (κ1) is 17.8. The number of methoxy groups -OCH3 is 2. The van der Waals surface area contributed by atoms with Crippen LogP contribution in [0.2, 0.25) is 0 Å². The highest BCUT2D eigenvalue weighted by Gasteiger charge is 2.29. The molecule has 0 unspecified atom stereocenters. The van der Waals surface area contributed by atoms with E-state index in [1.807, 2.05) is 19.1 Å². The average molecular weight is 354 g/mol. The van der Waals surface area contributed by atoms with Crippen LogP contribution in [0.3, 0.4) is 0 Å². The van der Waals surface area contributed by atoms with Crippen LogP contribution in [0.15, 0.2) is 36.4 Å². The molecule has 0 heterocycles. The molecule has 2 aromatic carbocycles. The van der Waals surface area contributed by atoms with Crippen molar-refractivity contribution in [3.63, 3.8) is 0 Å². The molecule has 1 saturated carbocycles. The summed E-state index contributed by atoms with van der Waals surface area (Å²) in [6.45, 7) is 1.89. The summed E-state index contributed by atoms with van der Waals surface area (Å²) in [5, 5.41) is 5.78. The van der Waals surface area contributed by atoms with Gasteiger partial charge in [-0.25, -0.2) is 0 Å². The van der Waals surface area contributed by atoms with Crippen molar-refractivity contribution in [2.75, 3.05) is 24.9 Å². The highest BCUT2D eigenvalue weighted by Crippen LogP contribution is 2.31. The van der Waals surface area contributed by atoms with Crippen molar-refractivity contribution in [1.29, 1.82) is 0 Å². The standard InChI is InChI=1S/C20H22N2O4/c1-12-4-7-14(21-19(23)13-5-6-13)10-17(12)22-20(24)16-11-15(25-2)8-9-18(16)26-3/h4,7-11,13H,5-6H2,1-3H3,(H,21,23)(H,22,24). The molecule has 2 amide bonds. The Labute approximate surface area is 152 Å². The summed E-state index contributed by atoms with van der Waals surface area (Å²) in [6, 6.07) is 10.5. The van der Waals surface area contributed by atoms with Crippen LogP contribution in [0, 0.1) is 12.8 Å². The quantitative estimate of drug-likeness (QED) is 0.831. The number of rotatable bonds is 6. The molecule has 0 radical (unpaired) electrons. The SMILES string of the molecule is COc1ccc(OC)c(C(=O)Nc2cc(NC(=O)C3CC3)ccc2C)c1. The zero-order valence-electron chi connectivity index (χ0n) is 15.1. The van der Waals surface area contributed by atoms with Gasteiger partial charge in [-0.2, -0.15) is 0 Å². The van der Waals surface area contributed by atoms with Crippen molar-refractivity contribution in [1.82, 2.24) is 0 Å². The van der Waals surface area contributed by atoms with E-state index in [0.717, 1.165) is 18.4 Å². The Bertz CT molecular complexity index is 844. The van der Waals surface area contributed by atoms with E-state index in [1.165, 1.54) is 7.11 Å². The number of anilines is 2. The molecule has 2 N–H and O–H groups in total. The number of hydrogen-bond acceptors (Lipinski definition) is 4. The van der Waals surface area contributed by atoms with E-state index in [4.69, 9.17) is 9.47 Å². The normalized spacial score (nSPS) is 13.0. The first-order valence-electron chi connectivity index (χ1n) is 8.46. The first-order chi connectivity index (χ1) is 12.5. The van der Waals surface area contributed by atoms with Crippen molar-refractivity contribution < 1.29 is 19.1 Å². The Morgan fingerprint density at radius 3 is 2.42 bits per heavy atom. The van der Waals surface area contributed by atoms with Crippen molar-refractivity contribution in [2.45, 2.75) is 19.8 Å². The zero-order valence-corrected chi connectivity index (χ0v) is 15.1. The van der Waals surface area contributed by atoms with Crippen molar-refractivity contribution >= 4 is 23.2 Å². The van der Waals surface area contributed by atoms with Gasteiger partial charge in [0.05, 0.1) is 19.8 Å². The van der Waals surface area contributed by atoms with Crippen LogP contribution >= 0.6 is 0 Å². The minimum absolute atomic E-state index is 0.0283. The van der Waals surface area contributed by atoms with Gasteiger partial charge in [0.1, 0.15) is 11.5 Å². The topological polar surface area (TPSA) is 76.7 Å². The lowest BCUT2D eigenvalue weighted by Crippen LogP contribution is -2.16. The second-order valence-corrected chi connectivity index (χ2v) is 6.31. The van der Waals surface area contributed by atoms with Gasteiger partial charge in [-0.15, -0.1) is 0 Å². The van der Waals surface area contributed by atoms with Crippen LogP contribution < -0.4 is 20.1 Å². The van der Waals surface area contributed by atoms with Gasteiger partial charge < -0.3 is 20.1 Å². The number of amides is 2. The second kappa shape index (κ2) is 7.47. The third-order valence-electron chi connectivity index (χ3n) is 4.35. The molecule has 0 bridgehead atoms. The summed E-state index contributed by atoms with van der Waals surface area (Å²) in [5.74, 6) is 0.864. The number of ether oxygens (including phenoxy) is 2. The van der Waals surface area contributed by atoms with Crippen LogP contribution in [0.5, 0.6) is 11.5 Å².